The van der Waals surface area contributed by atoms with Crippen LogP contribution in [0, 0.1) is 17.6 Å². The molecule has 1 aromatic carbocycles. The highest BCUT2D eigenvalue weighted by Crippen LogP contribution is 2.27. The van der Waals surface area contributed by atoms with Crippen molar-refractivity contribution in [3.63, 3.8) is 0 Å². The second-order valence-corrected chi connectivity index (χ2v) is 8.78. The number of carbonyl (C=O) groups excluding carboxylic acids is 1. The molecule has 1 aromatic heterocycles. The zero-order chi connectivity index (χ0) is 22.0. The standard InChI is InChI=1S/C23H30F2N4O2/c1-15(2)14-29-21-7-6-16(26-13-18-19(24)4-3-5-20(18)25)12-17(21)22(27-29)23(30)28-8-10-31-11-9-28/h3-5,15-16,26H,6-14H2,1-2H3/t16-/m0/s1. The first-order valence-electron chi connectivity index (χ1n) is 11.1. The third kappa shape index (κ3) is 4.80. The van der Waals surface area contributed by atoms with E-state index < -0.39 is 11.6 Å². The molecule has 6 nitrogen and oxygen atoms in total. The lowest BCUT2D eigenvalue weighted by atomic mass is 9.90. The first-order chi connectivity index (χ1) is 14.9. The number of ether oxygens (including phenoxy) is 1. The first kappa shape index (κ1) is 21.9. The first-order valence-corrected chi connectivity index (χ1v) is 11.1. The average molecular weight is 433 g/mol. The Kier molecular flexibility index (Phi) is 6.67. The molecule has 1 aliphatic heterocycles. The number of hydrogen-bond donors (Lipinski definition) is 1. The quantitative estimate of drug-likeness (QED) is 0.763. The summed E-state index contributed by atoms with van der Waals surface area (Å²) in [6.45, 7) is 7.36. The molecule has 0 radical (unpaired) electrons. The van der Waals surface area contributed by atoms with Crippen LogP contribution in [0.15, 0.2) is 18.2 Å². The minimum atomic E-state index is -0.545. The van der Waals surface area contributed by atoms with E-state index >= 15 is 0 Å². The number of fused-ring (bicyclic) bond motifs is 1. The van der Waals surface area contributed by atoms with E-state index in [0.717, 1.165) is 30.6 Å². The molecule has 2 aromatic rings. The molecule has 0 saturated carbocycles. The third-order valence-corrected chi connectivity index (χ3v) is 6.01. The molecule has 4 rings (SSSR count). The molecular weight excluding hydrogens is 402 g/mol. The van der Waals surface area contributed by atoms with Crippen LogP contribution in [0.5, 0.6) is 0 Å². The SMILES string of the molecule is CC(C)Cn1nc(C(=O)N2CCOCC2)c2c1CC[C@H](NCc1c(F)cccc1F)C2. The van der Waals surface area contributed by atoms with Gasteiger partial charge < -0.3 is 15.0 Å². The summed E-state index contributed by atoms with van der Waals surface area (Å²) in [5, 5.41) is 8.02. The van der Waals surface area contributed by atoms with Crippen molar-refractivity contribution in [1.29, 1.82) is 0 Å². The molecule has 2 aliphatic rings. The number of benzene rings is 1. The number of amides is 1. The minimum absolute atomic E-state index is 0.0273. The molecule has 168 valence electrons. The van der Waals surface area contributed by atoms with Crippen molar-refractivity contribution in [3.8, 4) is 0 Å². The van der Waals surface area contributed by atoms with E-state index in [4.69, 9.17) is 9.84 Å². The highest BCUT2D eigenvalue weighted by atomic mass is 19.1. The van der Waals surface area contributed by atoms with Crippen molar-refractivity contribution in [2.45, 2.75) is 52.2 Å². The van der Waals surface area contributed by atoms with Crippen molar-refractivity contribution in [3.05, 3.63) is 52.3 Å². The van der Waals surface area contributed by atoms with E-state index in [1.807, 2.05) is 4.68 Å². The van der Waals surface area contributed by atoms with Crippen LogP contribution >= 0.6 is 0 Å². The molecule has 2 heterocycles. The van der Waals surface area contributed by atoms with Gasteiger partial charge in [0.25, 0.3) is 5.91 Å². The fraction of sp³-hybridized carbons (Fsp3) is 0.565. The lowest BCUT2D eigenvalue weighted by molar-refractivity contribution is 0.0297. The number of rotatable bonds is 6. The summed E-state index contributed by atoms with van der Waals surface area (Å²) in [4.78, 5) is 15.0. The van der Waals surface area contributed by atoms with E-state index in [0.29, 0.717) is 44.3 Å². The molecule has 8 heteroatoms. The minimum Gasteiger partial charge on any atom is -0.378 e. The average Bonchev–Trinajstić information content (AvgIpc) is 3.10. The number of nitrogens with zero attached hydrogens (tertiary/aromatic N) is 3. The summed E-state index contributed by atoms with van der Waals surface area (Å²) in [6, 6.07) is 3.94. The summed E-state index contributed by atoms with van der Waals surface area (Å²) < 4.78 is 35.3. The Balaban J connectivity index is 1.54. The van der Waals surface area contributed by atoms with Gasteiger partial charge in [-0.05, 0) is 37.3 Å². The van der Waals surface area contributed by atoms with E-state index in [-0.39, 0.29) is 24.1 Å². The van der Waals surface area contributed by atoms with Crippen LogP contribution in [0.2, 0.25) is 0 Å². The molecule has 0 bridgehead atoms. The lowest BCUT2D eigenvalue weighted by Crippen LogP contribution is -2.41. The van der Waals surface area contributed by atoms with E-state index in [1.165, 1.54) is 18.2 Å². The number of nitrogens with one attached hydrogen (secondary N) is 1. The molecule has 1 atom stereocenters. The van der Waals surface area contributed by atoms with E-state index in [2.05, 4.69) is 19.2 Å². The monoisotopic (exact) mass is 432 g/mol. The number of morpholine rings is 1. The predicted octanol–water partition coefficient (Wildman–Crippen LogP) is 2.94. The van der Waals surface area contributed by atoms with Gasteiger partial charge in [0.15, 0.2) is 5.69 Å². The molecular formula is C23H30F2N4O2. The van der Waals surface area contributed by atoms with Crippen molar-refractivity contribution < 1.29 is 18.3 Å². The molecule has 31 heavy (non-hydrogen) atoms. The second kappa shape index (κ2) is 9.44. The van der Waals surface area contributed by atoms with Gasteiger partial charge in [-0.25, -0.2) is 8.78 Å². The lowest BCUT2D eigenvalue weighted by Gasteiger charge is -2.28. The van der Waals surface area contributed by atoms with Gasteiger partial charge in [0.05, 0.1) is 13.2 Å². The van der Waals surface area contributed by atoms with Crippen LogP contribution in [0.1, 0.15) is 47.6 Å². The molecule has 1 saturated heterocycles. The van der Waals surface area contributed by atoms with Crippen molar-refractivity contribution in [2.75, 3.05) is 26.3 Å². The van der Waals surface area contributed by atoms with Crippen LogP contribution in [0.4, 0.5) is 8.78 Å². The molecule has 1 amide bonds. The zero-order valence-corrected chi connectivity index (χ0v) is 18.2. The van der Waals surface area contributed by atoms with Gasteiger partial charge in [0.1, 0.15) is 11.6 Å². The van der Waals surface area contributed by atoms with E-state index in [9.17, 15) is 13.6 Å². The van der Waals surface area contributed by atoms with Crippen LogP contribution < -0.4 is 5.32 Å². The van der Waals surface area contributed by atoms with Crippen LogP contribution in [-0.4, -0.2) is 52.9 Å². The Bertz CT molecular complexity index is 918. The second-order valence-electron chi connectivity index (χ2n) is 8.78. The Hall–Kier alpha value is -2.32. The summed E-state index contributed by atoms with van der Waals surface area (Å²) in [7, 11) is 0. The van der Waals surface area contributed by atoms with Gasteiger partial charge in [-0.2, -0.15) is 5.10 Å². The van der Waals surface area contributed by atoms with Gasteiger partial charge in [0.2, 0.25) is 0 Å². The topological polar surface area (TPSA) is 59.4 Å². The molecule has 1 N–H and O–H groups in total. The summed E-state index contributed by atoms with van der Waals surface area (Å²) in [5.74, 6) is -0.730. The Labute approximate surface area is 181 Å². The van der Waals surface area contributed by atoms with Gasteiger partial charge in [-0.1, -0.05) is 19.9 Å². The van der Waals surface area contributed by atoms with Gasteiger partial charge in [-0.3, -0.25) is 9.48 Å². The predicted molar refractivity (Wildman–Crippen MR) is 113 cm³/mol. The Morgan fingerprint density at radius 3 is 2.65 bits per heavy atom. The van der Waals surface area contributed by atoms with Crippen molar-refractivity contribution >= 4 is 5.91 Å². The highest BCUT2D eigenvalue weighted by Gasteiger charge is 2.32. The summed E-state index contributed by atoms with van der Waals surface area (Å²) in [5.41, 5.74) is 2.64. The van der Waals surface area contributed by atoms with E-state index in [1.54, 1.807) is 4.90 Å². The number of aromatic nitrogens is 2. The summed E-state index contributed by atoms with van der Waals surface area (Å²) >= 11 is 0. The largest absolute Gasteiger partial charge is 0.378 e. The van der Waals surface area contributed by atoms with Crippen molar-refractivity contribution in [1.82, 2.24) is 20.0 Å². The maximum absolute atomic E-state index is 14.0. The molecule has 0 spiro atoms. The normalized spacial score (nSPS) is 19.0. The molecule has 1 fully saturated rings. The fourth-order valence-electron chi connectivity index (χ4n) is 4.39. The maximum Gasteiger partial charge on any atom is 0.274 e. The van der Waals surface area contributed by atoms with Crippen molar-refractivity contribution in [2.24, 2.45) is 5.92 Å². The van der Waals surface area contributed by atoms with Crippen LogP contribution in [-0.2, 0) is 30.7 Å². The number of carbonyl (C=O) groups is 1. The molecule has 0 unspecified atom stereocenters. The number of halogens is 2. The third-order valence-electron chi connectivity index (χ3n) is 6.01. The Morgan fingerprint density at radius 1 is 1.26 bits per heavy atom. The van der Waals surface area contributed by atoms with Gasteiger partial charge >= 0.3 is 0 Å². The fourth-order valence-corrected chi connectivity index (χ4v) is 4.39. The van der Waals surface area contributed by atoms with Crippen LogP contribution in [0.3, 0.4) is 0 Å². The smallest absolute Gasteiger partial charge is 0.274 e. The number of hydrogen-bond acceptors (Lipinski definition) is 4. The Morgan fingerprint density at radius 2 is 1.97 bits per heavy atom. The maximum atomic E-state index is 14.0. The van der Waals surface area contributed by atoms with Gasteiger partial charge in [-0.15, -0.1) is 0 Å². The summed E-state index contributed by atoms with van der Waals surface area (Å²) in [6.07, 6.45) is 2.23. The zero-order valence-electron chi connectivity index (χ0n) is 18.2. The molecule has 1 aliphatic carbocycles. The van der Waals surface area contributed by atoms with Crippen LogP contribution in [0.25, 0.3) is 0 Å². The highest BCUT2D eigenvalue weighted by molar-refractivity contribution is 5.94. The van der Waals surface area contributed by atoms with Gasteiger partial charge in [0, 0.05) is 49.0 Å².